The molecule has 0 amide bonds. The topological polar surface area (TPSA) is 43.3 Å². The van der Waals surface area contributed by atoms with E-state index in [1.807, 2.05) is 7.05 Å². The zero-order valence-electron chi connectivity index (χ0n) is 17.2. The van der Waals surface area contributed by atoms with Crippen LogP contribution in [-0.2, 0) is 0 Å². The molecule has 0 aliphatic carbocycles. The van der Waals surface area contributed by atoms with Gasteiger partial charge in [0.15, 0.2) is 5.96 Å². The molecular weight excluding hydrogens is 338 g/mol. The van der Waals surface area contributed by atoms with Gasteiger partial charge in [0.1, 0.15) is 5.75 Å². The fraction of sp³-hybridized carbons (Fsp3) is 0.667. The van der Waals surface area contributed by atoms with E-state index in [9.17, 15) is 0 Å². The Hall–Kier alpha value is -1.79. The molecule has 2 saturated heterocycles. The number of rotatable bonds is 6. The van der Waals surface area contributed by atoms with Gasteiger partial charge in [-0.2, -0.15) is 0 Å². The van der Waals surface area contributed by atoms with Gasteiger partial charge in [-0.05, 0) is 30.7 Å². The minimum Gasteiger partial charge on any atom is -0.497 e. The third-order valence-corrected chi connectivity index (χ3v) is 5.91. The molecule has 6 nitrogen and oxygen atoms in total. The van der Waals surface area contributed by atoms with E-state index < -0.39 is 0 Å². The van der Waals surface area contributed by atoms with Crippen molar-refractivity contribution in [3.63, 3.8) is 0 Å². The minimum atomic E-state index is 0.566. The number of ether oxygens (including phenoxy) is 1. The van der Waals surface area contributed by atoms with Crippen molar-refractivity contribution in [2.75, 3.05) is 73.1 Å². The van der Waals surface area contributed by atoms with Crippen LogP contribution in [0.4, 0.5) is 0 Å². The van der Waals surface area contributed by atoms with Gasteiger partial charge in [-0.3, -0.25) is 9.89 Å². The maximum absolute atomic E-state index is 5.27. The van der Waals surface area contributed by atoms with Crippen LogP contribution in [0.15, 0.2) is 29.3 Å². The van der Waals surface area contributed by atoms with Crippen molar-refractivity contribution in [1.82, 2.24) is 20.0 Å². The van der Waals surface area contributed by atoms with Crippen LogP contribution in [0.1, 0.15) is 24.8 Å². The quantitative estimate of drug-likeness (QED) is 0.607. The zero-order valence-corrected chi connectivity index (χ0v) is 17.2. The van der Waals surface area contributed by atoms with Gasteiger partial charge in [0.05, 0.1) is 7.11 Å². The number of hydrogen-bond donors (Lipinski definition) is 1. The molecule has 27 heavy (non-hydrogen) atoms. The Balaban J connectivity index is 1.43. The summed E-state index contributed by atoms with van der Waals surface area (Å²) in [6.45, 7) is 12.3. The number of aliphatic imine (C=N–C) groups is 1. The molecule has 1 N–H and O–H groups in total. The monoisotopic (exact) mass is 373 g/mol. The molecule has 3 rings (SSSR count). The maximum Gasteiger partial charge on any atom is 0.193 e. The van der Waals surface area contributed by atoms with Gasteiger partial charge >= 0.3 is 0 Å². The molecule has 0 radical (unpaired) electrons. The minimum absolute atomic E-state index is 0.566. The lowest BCUT2D eigenvalue weighted by Crippen LogP contribution is -2.49. The average Bonchev–Trinajstić information content (AvgIpc) is 3.21. The van der Waals surface area contributed by atoms with E-state index in [0.29, 0.717) is 5.92 Å². The number of nitrogens with zero attached hydrogens (tertiary/aromatic N) is 4. The second-order valence-corrected chi connectivity index (χ2v) is 7.45. The van der Waals surface area contributed by atoms with Crippen molar-refractivity contribution in [1.29, 1.82) is 0 Å². The number of benzene rings is 1. The highest BCUT2D eigenvalue weighted by Gasteiger charge is 2.26. The molecular formula is C21H35N5O. The van der Waals surface area contributed by atoms with Crippen molar-refractivity contribution >= 4 is 5.96 Å². The van der Waals surface area contributed by atoms with Crippen molar-refractivity contribution in [3.8, 4) is 5.75 Å². The molecule has 6 heteroatoms. The number of hydrogen-bond acceptors (Lipinski definition) is 4. The van der Waals surface area contributed by atoms with E-state index in [1.165, 1.54) is 44.7 Å². The largest absolute Gasteiger partial charge is 0.497 e. The average molecular weight is 374 g/mol. The van der Waals surface area contributed by atoms with E-state index >= 15 is 0 Å². The summed E-state index contributed by atoms with van der Waals surface area (Å²) in [4.78, 5) is 12.0. The Labute approximate surface area is 164 Å². The van der Waals surface area contributed by atoms with Crippen molar-refractivity contribution in [2.24, 2.45) is 4.99 Å². The molecule has 2 aliphatic heterocycles. The molecule has 1 unspecified atom stereocenters. The number of nitrogens with one attached hydrogen (secondary N) is 1. The second kappa shape index (κ2) is 9.95. The first-order chi connectivity index (χ1) is 13.2. The smallest absolute Gasteiger partial charge is 0.193 e. The first kappa shape index (κ1) is 20.0. The van der Waals surface area contributed by atoms with Crippen LogP contribution in [-0.4, -0.2) is 93.7 Å². The van der Waals surface area contributed by atoms with Crippen LogP contribution >= 0.6 is 0 Å². The number of methoxy groups -OCH3 is 1. The number of piperazine rings is 1. The molecule has 0 saturated carbocycles. The van der Waals surface area contributed by atoms with E-state index in [-0.39, 0.29) is 0 Å². The summed E-state index contributed by atoms with van der Waals surface area (Å²) in [7, 11) is 3.61. The zero-order chi connectivity index (χ0) is 19.1. The predicted octanol–water partition coefficient (Wildman–Crippen LogP) is 1.70. The lowest BCUT2D eigenvalue weighted by atomic mass is 9.98. The summed E-state index contributed by atoms with van der Waals surface area (Å²) in [5.41, 5.74) is 1.39. The van der Waals surface area contributed by atoms with Gasteiger partial charge < -0.3 is 19.9 Å². The third kappa shape index (κ3) is 5.36. The van der Waals surface area contributed by atoms with Crippen LogP contribution < -0.4 is 10.1 Å². The Kier molecular flexibility index (Phi) is 7.35. The molecule has 2 fully saturated rings. The van der Waals surface area contributed by atoms with Crippen LogP contribution in [0.2, 0.25) is 0 Å². The van der Waals surface area contributed by atoms with Gasteiger partial charge in [-0.25, -0.2) is 0 Å². The summed E-state index contributed by atoms with van der Waals surface area (Å²) >= 11 is 0. The van der Waals surface area contributed by atoms with E-state index in [1.54, 1.807) is 7.11 Å². The van der Waals surface area contributed by atoms with Gasteiger partial charge in [0, 0.05) is 65.3 Å². The third-order valence-electron chi connectivity index (χ3n) is 5.91. The SMILES string of the molecule is CCN1CCN(CCNC(=NC)N2CCC(c3ccc(OC)cc3)C2)CC1. The molecule has 0 bridgehead atoms. The van der Waals surface area contributed by atoms with E-state index in [4.69, 9.17) is 4.74 Å². The van der Waals surface area contributed by atoms with Gasteiger partial charge in [-0.15, -0.1) is 0 Å². The van der Waals surface area contributed by atoms with Gasteiger partial charge in [0.2, 0.25) is 0 Å². The Bertz CT molecular complexity index is 595. The summed E-state index contributed by atoms with van der Waals surface area (Å²) in [5, 5.41) is 3.57. The molecule has 150 valence electrons. The highest BCUT2D eigenvalue weighted by atomic mass is 16.5. The highest BCUT2D eigenvalue weighted by molar-refractivity contribution is 5.80. The lowest BCUT2D eigenvalue weighted by Gasteiger charge is -2.34. The second-order valence-electron chi connectivity index (χ2n) is 7.45. The number of likely N-dealkylation sites (tertiary alicyclic amines) is 1. The van der Waals surface area contributed by atoms with Crippen LogP contribution in [0.3, 0.4) is 0 Å². The van der Waals surface area contributed by atoms with Gasteiger partial charge in [0.25, 0.3) is 0 Å². The Morgan fingerprint density at radius 1 is 1.11 bits per heavy atom. The summed E-state index contributed by atoms with van der Waals surface area (Å²) < 4.78 is 5.27. The molecule has 0 aromatic heterocycles. The number of likely N-dealkylation sites (N-methyl/N-ethyl adjacent to an activating group) is 1. The van der Waals surface area contributed by atoms with Crippen LogP contribution in [0, 0.1) is 0 Å². The fourth-order valence-electron chi connectivity index (χ4n) is 4.09. The molecule has 0 spiro atoms. The number of guanidine groups is 1. The van der Waals surface area contributed by atoms with Crippen LogP contribution in [0.25, 0.3) is 0 Å². The highest BCUT2D eigenvalue weighted by Crippen LogP contribution is 2.28. The molecule has 2 aliphatic rings. The maximum atomic E-state index is 5.27. The first-order valence-corrected chi connectivity index (χ1v) is 10.3. The standard InChI is InChI=1S/C21H35N5O/c1-4-24-13-15-25(16-14-24)12-10-23-21(22-2)26-11-9-19(17-26)18-5-7-20(27-3)8-6-18/h5-8,19H,4,9-17H2,1-3H3,(H,22,23). The summed E-state index contributed by atoms with van der Waals surface area (Å²) in [5.74, 6) is 2.53. The van der Waals surface area contributed by atoms with Crippen molar-refractivity contribution in [2.45, 2.75) is 19.3 Å². The molecule has 2 heterocycles. The first-order valence-electron chi connectivity index (χ1n) is 10.3. The summed E-state index contributed by atoms with van der Waals surface area (Å²) in [6, 6.07) is 8.50. The fourth-order valence-corrected chi connectivity index (χ4v) is 4.09. The van der Waals surface area contributed by atoms with Crippen molar-refractivity contribution in [3.05, 3.63) is 29.8 Å². The molecule has 1 aromatic carbocycles. The predicted molar refractivity (Wildman–Crippen MR) is 112 cm³/mol. The summed E-state index contributed by atoms with van der Waals surface area (Å²) in [6.07, 6.45) is 1.17. The van der Waals surface area contributed by atoms with Crippen LogP contribution in [0.5, 0.6) is 5.75 Å². The van der Waals surface area contributed by atoms with E-state index in [0.717, 1.165) is 37.9 Å². The van der Waals surface area contributed by atoms with Crippen molar-refractivity contribution < 1.29 is 4.74 Å². The van der Waals surface area contributed by atoms with E-state index in [2.05, 4.69) is 56.2 Å². The molecule has 1 atom stereocenters. The Morgan fingerprint density at radius 2 is 1.81 bits per heavy atom. The lowest BCUT2D eigenvalue weighted by molar-refractivity contribution is 0.139. The Morgan fingerprint density at radius 3 is 2.44 bits per heavy atom. The van der Waals surface area contributed by atoms with Gasteiger partial charge in [-0.1, -0.05) is 19.1 Å². The molecule has 1 aromatic rings. The normalized spacial score (nSPS) is 22.3.